The summed E-state index contributed by atoms with van der Waals surface area (Å²) in [6.45, 7) is 5.17. The summed E-state index contributed by atoms with van der Waals surface area (Å²) in [7, 11) is 0. The molecule has 1 aromatic heterocycles. The van der Waals surface area contributed by atoms with Gasteiger partial charge in [-0.1, -0.05) is 32.1 Å². The van der Waals surface area contributed by atoms with Gasteiger partial charge < -0.3 is 25.3 Å². The summed E-state index contributed by atoms with van der Waals surface area (Å²) in [6, 6.07) is 6.07. The standard InChI is InChI=1S/C34H47FN4O5/c1-34(2,3)44-33(43)38-29(19-35)22-9-11-23(12-10-22)32(42)39-16-15-27(21-7-5-4-6-8-21)30(39)31(41)37-25-13-14-28-24(17-25)18-26(20-40)36-28/h13-14,17-18,20-23,27,29-30,36H,4-12,15-16,19H2,1-3H3,(H,37,41)(H,38,43)/t22-,23-,27-,29+,30-/m0/s1. The van der Waals surface area contributed by atoms with E-state index >= 15 is 0 Å². The minimum Gasteiger partial charge on any atom is -0.444 e. The van der Waals surface area contributed by atoms with Gasteiger partial charge in [-0.2, -0.15) is 0 Å². The Morgan fingerprint density at radius 2 is 1.77 bits per heavy atom. The van der Waals surface area contributed by atoms with Crippen molar-refractivity contribution in [2.75, 3.05) is 18.5 Å². The quantitative estimate of drug-likeness (QED) is 0.299. The van der Waals surface area contributed by atoms with Crippen LogP contribution in [-0.4, -0.2) is 65.0 Å². The predicted molar refractivity (Wildman–Crippen MR) is 167 cm³/mol. The Kier molecular flexibility index (Phi) is 9.95. The molecule has 240 valence electrons. The first-order valence-corrected chi connectivity index (χ1v) is 16.3. The van der Waals surface area contributed by atoms with E-state index in [4.69, 9.17) is 4.74 Å². The molecule has 0 radical (unpaired) electrons. The maximum Gasteiger partial charge on any atom is 0.407 e. The number of carbonyl (C=O) groups is 4. The van der Waals surface area contributed by atoms with Crippen molar-refractivity contribution in [2.45, 2.75) is 103 Å². The Balaban J connectivity index is 1.26. The number of rotatable bonds is 8. The number of ether oxygens (including phenoxy) is 1. The fraction of sp³-hybridized carbons (Fsp3) is 0.647. The van der Waals surface area contributed by atoms with Crippen molar-refractivity contribution in [3.8, 4) is 0 Å². The Hall–Kier alpha value is -3.43. The highest BCUT2D eigenvalue weighted by Crippen LogP contribution is 2.41. The maximum atomic E-state index is 14.0. The molecule has 3 N–H and O–H groups in total. The number of anilines is 1. The Morgan fingerprint density at radius 1 is 1.05 bits per heavy atom. The van der Waals surface area contributed by atoms with Crippen LogP contribution in [0.5, 0.6) is 0 Å². The number of likely N-dealkylation sites (tertiary alicyclic amines) is 1. The van der Waals surface area contributed by atoms with Crippen molar-refractivity contribution < 1.29 is 28.3 Å². The zero-order valence-corrected chi connectivity index (χ0v) is 26.2. The van der Waals surface area contributed by atoms with E-state index in [1.54, 1.807) is 26.8 Å². The van der Waals surface area contributed by atoms with Crippen LogP contribution < -0.4 is 10.6 Å². The smallest absolute Gasteiger partial charge is 0.407 e. The van der Waals surface area contributed by atoms with Crippen LogP contribution in [0.2, 0.25) is 0 Å². The Bertz CT molecular complexity index is 1340. The van der Waals surface area contributed by atoms with Gasteiger partial charge in [0.15, 0.2) is 6.29 Å². The van der Waals surface area contributed by atoms with E-state index in [1.807, 2.05) is 23.1 Å². The summed E-state index contributed by atoms with van der Waals surface area (Å²) in [4.78, 5) is 56.4. The third kappa shape index (κ3) is 7.44. The summed E-state index contributed by atoms with van der Waals surface area (Å²) in [6.07, 6.45) is 9.08. The number of nitrogens with one attached hydrogen (secondary N) is 3. The van der Waals surface area contributed by atoms with Gasteiger partial charge in [0.25, 0.3) is 0 Å². The topological polar surface area (TPSA) is 121 Å². The number of aromatic amines is 1. The lowest BCUT2D eigenvalue weighted by Crippen LogP contribution is -2.50. The van der Waals surface area contributed by atoms with Crippen LogP contribution in [0.3, 0.4) is 0 Å². The molecule has 2 aromatic rings. The molecular formula is C34H47FN4O5. The number of alkyl carbamates (subject to hydrolysis) is 1. The molecule has 2 aliphatic carbocycles. The minimum atomic E-state index is -0.690. The van der Waals surface area contributed by atoms with Crippen LogP contribution in [0.15, 0.2) is 24.3 Å². The fourth-order valence-corrected chi connectivity index (χ4v) is 7.71. The molecule has 3 aliphatic rings. The normalized spacial score (nSPS) is 25.4. The van der Waals surface area contributed by atoms with E-state index in [0.717, 1.165) is 49.3 Å². The van der Waals surface area contributed by atoms with Gasteiger partial charge in [-0.05, 0) is 94.9 Å². The number of halogens is 1. The summed E-state index contributed by atoms with van der Waals surface area (Å²) in [5.41, 5.74) is 1.25. The number of hydrogen-bond acceptors (Lipinski definition) is 5. The van der Waals surface area contributed by atoms with Crippen molar-refractivity contribution in [1.82, 2.24) is 15.2 Å². The molecule has 1 aliphatic heterocycles. The van der Waals surface area contributed by atoms with Crippen molar-refractivity contribution >= 4 is 40.8 Å². The molecule has 0 bridgehead atoms. The lowest BCUT2D eigenvalue weighted by atomic mass is 9.76. The Morgan fingerprint density at radius 3 is 2.43 bits per heavy atom. The van der Waals surface area contributed by atoms with Gasteiger partial charge in [0.05, 0.1) is 11.7 Å². The maximum absolute atomic E-state index is 14.0. The number of aldehydes is 1. The molecule has 0 spiro atoms. The van der Waals surface area contributed by atoms with Gasteiger partial charge in [0, 0.05) is 29.1 Å². The summed E-state index contributed by atoms with van der Waals surface area (Å²) < 4.78 is 19.3. The average Bonchev–Trinajstić information content (AvgIpc) is 3.63. The fourth-order valence-electron chi connectivity index (χ4n) is 7.71. The molecule has 3 atom stereocenters. The number of hydrogen-bond donors (Lipinski definition) is 3. The minimum absolute atomic E-state index is 0.00974. The van der Waals surface area contributed by atoms with E-state index in [1.165, 1.54) is 6.42 Å². The third-order valence-corrected chi connectivity index (χ3v) is 9.85. The molecule has 9 nitrogen and oxygen atoms in total. The molecular weight excluding hydrogens is 563 g/mol. The lowest BCUT2D eigenvalue weighted by Gasteiger charge is -2.37. The van der Waals surface area contributed by atoms with Crippen LogP contribution in [0.25, 0.3) is 10.9 Å². The highest BCUT2D eigenvalue weighted by atomic mass is 19.1. The molecule has 1 saturated heterocycles. The van der Waals surface area contributed by atoms with Crippen molar-refractivity contribution in [3.63, 3.8) is 0 Å². The van der Waals surface area contributed by atoms with Crippen LogP contribution in [0.1, 0.15) is 95.5 Å². The molecule has 3 fully saturated rings. The number of fused-ring (bicyclic) bond motifs is 1. The predicted octanol–water partition coefficient (Wildman–Crippen LogP) is 6.39. The first-order valence-electron chi connectivity index (χ1n) is 16.3. The van der Waals surface area contributed by atoms with E-state index in [2.05, 4.69) is 15.6 Å². The van der Waals surface area contributed by atoms with E-state index < -0.39 is 30.5 Å². The molecule has 5 rings (SSSR count). The number of aromatic nitrogens is 1. The highest BCUT2D eigenvalue weighted by Gasteiger charge is 2.47. The van der Waals surface area contributed by atoms with Crippen molar-refractivity contribution in [3.05, 3.63) is 30.0 Å². The van der Waals surface area contributed by atoms with Crippen molar-refractivity contribution in [1.29, 1.82) is 0 Å². The van der Waals surface area contributed by atoms with Gasteiger partial charge in [0.1, 0.15) is 18.3 Å². The summed E-state index contributed by atoms with van der Waals surface area (Å²) in [5.74, 6) is 0.0701. The van der Waals surface area contributed by atoms with Crippen LogP contribution in [0, 0.1) is 23.7 Å². The highest BCUT2D eigenvalue weighted by molar-refractivity contribution is 6.00. The molecule has 3 amide bonds. The largest absolute Gasteiger partial charge is 0.444 e. The second-order valence-electron chi connectivity index (χ2n) is 14.0. The van der Waals surface area contributed by atoms with Crippen LogP contribution in [-0.2, 0) is 14.3 Å². The molecule has 1 aromatic carbocycles. The number of carbonyl (C=O) groups excluding carboxylic acids is 4. The Labute approximate surface area is 259 Å². The summed E-state index contributed by atoms with van der Waals surface area (Å²) >= 11 is 0. The van der Waals surface area contributed by atoms with E-state index in [9.17, 15) is 23.6 Å². The second kappa shape index (κ2) is 13.7. The monoisotopic (exact) mass is 610 g/mol. The molecule has 2 saturated carbocycles. The van der Waals surface area contributed by atoms with Crippen LogP contribution >= 0.6 is 0 Å². The molecule has 44 heavy (non-hydrogen) atoms. The average molecular weight is 611 g/mol. The van der Waals surface area contributed by atoms with E-state index in [-0.39, 0.29) is 29.6 Å². The SMILES string of the molecule is CC(C)(C)OC(=O)N[C@H](CF)[C@H]1CC[C@H](C(=O)N2CC[C@@H](C3CCCCC3)[C@H]2C(=O)Nc2ccc3[nH]c(C=O)cc3c2)CC1. The van der Waals surface area contributed by atoms with Gasteiger partial charge >= 0.3 is 6.09 Å². The number of alkyl halides is 1. The third-order valence-electron chi connectivity index (χ3n) is 9.85. The molecule has 0 unspecified atom stereocenters. The molecule has 2 heterocycles. The number of benzene rings is 1. The first-order chi connectivity index (χ1) is 21.1. The van der Waals surface area contributed by atoms with E-state index in [0.29, 0.717) is 49.5 Å². The second-order valence-corrected chi connectivity index (χ2v) is 14.0. The van der Waals surface area contributed by atoms with Crippen LogP contribution in [0.4, 0.5) is 14.9 Å². The zero-order valence-electron chi connectivity index (χ0n) is 26.2. The van der Waals surface area contributed by atoms with Gasteiger partial charge in [0.2, 0.25) is 11.8 Å². The zero-order chi connectivity index (χ0) is 31.4. The number of amides is 3. The van der Waals surface area contributed by atoms with Gasteiger partial charge in [-0.15, -0.1) is 0 Å². The van der Waals surface area contributed by atoms with Crippen molar-refractivity contribution in [2.24, 2.45) is 23.7 Å². The first kappa shape index (κ1) is 32.0. The number of H-pyrrole nitrogens is 1. The lowest BCUT2D eigenvalue weighted by molar-refractivity contribution is -0.142. The molecule has 10 heteroatoms. The summed E-state index contributed by atoms with van der Waals surface area (Å²) in [5, 5.41) is 6.62. The van der Waals surface area contributed by atoms with Gasteiger partial charge in [-0.3, -0.25) is 14.4 Å². The van der Waals surface area contributed by atoms with Gasteiger partial charge in [-0.25, -0.2) is 9.18 Å². The number of nitrogens with zero attached hydrogens (tertiary/aromatic N) is 1.